The Kier molecular flexibility index (Phi) is 6.95. The standard InChI is InChI=1S/C19H27N5O3/c1-12(2)17(18-20-9-10-24(18)4)23-19(26)22-15-8-6-7-14(13(15)3)21-16(25)11-27-5/h6-10,12,17H,11H2,1-5H3,(H,21,25)(H2,22,23,26)/t17-/m1/s1. The highest BCUT2D eigenvalue weighted by molar-refractivity contribution is 5.95. The van der Waals surface area contributed by atoms with Crippen molar-refractivity contribution in [3.05, 3.63) is 42.0 Å². The zero-order valence-corrected chi connectivity index (χ0v) is 16.4. The molecule has 0 bridgehead atoms. The van der Waals surface area contributed by atoms with E-state index < -0.39 is 0 Å². The van der Waals surface area contributed by atoms with E-state index in [1.807, 2.05) is 38.6 Å². The molecule has 3 N–H and O–H groups in total. The minimum absolute atomic E-state index is 0.0304. The molecule has 0 saturated heterocycles. The maximum Gasteiger partial charge on any atom is 0.319 e. The van der Waals surface area contributed by atoms with Gasteiger partial charge < -0.3 is 25.3 Å². The number of aryl methyl sites for hydroxylation is 1. The summed E-state index contributed by atoms with van der Waals surface area (Å²) in [6.45, 7) is 5.85. The summed E-state index contributed by atoms with van der Waals surface area (Å²) < 4.78 is 6.71. The number of imidazole rings is 1. The molecule has 0 aliphatic heterocycles. The molecule has 0 saturated carbocycles. The number of rotatable bonds is 7. The number of benzene rings is 1. The zero-order chi connectivity index (χ0) is 20.0. The molecule has 2 rings (SSSR count). The van der Waals surface area contributed by atoms with Crippen LogP contribution in [0.2, 0.25) is 0 Å². The Bertz CT molecular complexity index is 800. The number of methoxy groups -OCH3 is 1. The first kappa shape index (κ1) is 20.4. The molecule has 0 radical (unpaired) electrons. The first-order valence-corrected chi connectivity index (χ1v) is 8.76. The fraction of sp³-hybridized carbons (Fsp3) is 0.421. The predicted molar refractivity (Wildman–Crippen MR) is 105 cm³/mol. The molecule has 0 fully saturated rings. The van der Waals surface area contributed by atoms with Gasteiger partial charge in [-0.2, -0.15) is 0 Å². The van der Waals surface area contributed by atoms with Gasteiger partial charge in [0.1, 0.15) is 12.4 Å². The predicted octanol–water partition coefficient (Wildman–Crippen LogP) is 2.83. The molecular weight excluding hydrogens is 346 g/mol. The van der Waals surface area contributed by atoms with E-state index in [1.54, 1.807) is 24.4 Å². The largest absolute Gasteiger partial charge is 0.375 e. The Morgan fingerprint density at radius 2 is 1.89 bits per heavy atom. The third-order valence-electron chi connectivity index (χ3n) is 4.22. The number of carbonyl (C=O) groups is 2. The summed E-state index contributed by atoms with van der Waals surface area (Å²) in [6.07, 6.45) is 3.56. The molecule has 2 aromatic rings. The first-order chi connectivity index (χ1) is 12.8. The van der Waals surface area contributed by atoms with E-state index >= 15 is 0 Å². The minimum atomic E-state index is -0.333. The molecule has 0 unspecified atom stereocenters. The number of hydrogen-bond acceptors (Lipinski definition) is 4. The van der Waals surface area contributed by atoms with Gasteiger partial charge in [0.15, 0.2) is 0 Å². The van der Waals surface area contributed by atoms with Crippen molar-refractivity contribution in [1.29, 1.82) is 0 Å². The summed E-state index contributed by atoms with van der Waals surface area (Å²) in [5.41, 5.74) is 2.00. The van der Waals surface area contributed by atoms with Gasteiger partial charge in [0, 0.05) is 37.9 Å². The van der Waals surface area contributed by atoms with Gasteiger partial charge in [-0.3, -0.25) is 4.79 Å². The molecule has 0 aliphatic rings. The van der Waals surface area contributed by atoms with E-state index in [-0.39, 0.29) is 30.5 Å². The Morgan fingerprint density at radius 1 is 1.22 bits per heavy atom. The summed E-state index contributed by atoms with van der Waals surface area (Å²) in [7, 11) is 3.36. The monoisotopic (exact) mass is 373 g/mol. The number of anilines is 2. The lowest BCUT2D eigenvalue weighted by molar-refractivity contribution is -0.119. The summed E-state index contributed by atoms with van der Waals surface area (Å²) in [4.78, 5) is 28.6. The van der Waals surface area contributed by atoms with Crippen molar-refractivity contribution in [3.63, 3.8) is 0 Å². The lowest BCUT2D eigenvalue weighted by atomic mass is 10.0. The van der Waals surface area contributed by atoms with Crippen LogP contribution >= 0.6 is 0 Å². The van der Waals surface area contributed by atoms with Crippen LogP contribution in [0.5, 0.6) is 0 Å². The third kappa shape index (κ3) is 5.30. The number of nitrogens with one attached hydrogen (secondary N) is 3. The molecule has 1 heterocycles. The average molecular weight is 373 g/mol. The van der Waals surface area contributed by atoms with E-state index in [1.165, 1.54) is 7.11 Å². The summed E-state index contributed by atoms with van der Waals surface area (Å²) in [5.74, 6) is 0.701. The molecule has 8 heteroatoms. The Morgan fingerprint density at radius 3 is 2.44 bits per heavy atom. The highest BCUT2D eigenvalue weighted by Crippen LogP contribution is 2.24. The normalized spacial score (nSPS) is 11.9. The topological polar surface area (TPSA) is 97.3 Å². The third-order valence-corrected chi connectivity index (χ3v) is 4.22. The number of amides is 3. The van der Waals surface area contributed by atoms with Crippen molar-refractivity contribution in [3.8, 4) is 0 Å². The fourth-order valence-electron chi connectivity index (χ4n) is 2.73. The van der Waals surface area contributed by atoms with Crippen LogP contribution in [0.4, 0.5) is 16.2 Å². The second-order valence-corrected chi connectivity index (χ2v) is 6.68. The molecule has 0 spiro atoms. The maximum absolute atomic E-state index is 12.6. The molecule has 1 atom stereocenters. The number of aromatic nitrogens is 2. The van der Waals surface area contributed by atoms with Crippen molar-refractivity contribution in [1.82, 2.24) is 14.9 Å². The molecule has 3 amide bonds. The Balaban J connectivity index is 2.11. The lowest BCUT2D eigenvalue weighted by Crippen LogP contribution is -2.36. The van der Waals surface area contributed by atoms with Crippen LogP contribution in [-0.2, 0) is 16.6 Å². The van der Waals surface area contributed by atoms with Gasteiger partial charge in [-0.05, 0) is 30.5 Å². The average Bonchev–Trinajstić information content (AvgIpc) is 3.02. The summed E-state index contributed by atoms with van der Waals surface area (Å²) >= 11 is 0. The van der Waals surface area contributed by atoms with Gasteiger partial charge in [-0.15, -0.1) is 0 Å². The van der Waals surface area contributed by atoms with Crippen LogP contribution in [0.25, 0.3) is 0 Å². The highest BCUT2D eigenvalue weighted by atomic mass is 16.5. The number of urea groups is 1. The minimum Gasteiger partial charge on any atom is -0.375 e. The van der Waals surface area contributed by atoms with Gasteiger partial charge in [-0.1, -0.05) is 19.9 Å². The van der Waals surface area contributed by atoms with Crippen LogP contribution in [0.15, 0.2) is 30.6 Å². The molecule has 27 heavy (non-hydrogen) atoms. The molecule has 8 nitrogen and oxygen atoms in total. The van der Waals surface area contributed by atoms with Gasteiger partial charge >= 0.3 is 6.03 Å². The summed E-state index contributed by atoms with van der Waals surface area (Å²) in [6, 6.07) is 4.77. The first-order valence-electron chi connectivity index (χ1n) is 8.76. The van der Waals surface area contributed by atoms with Crippen LogP contribution in [0.3, 0.4) is 0 Å². The van der Waals surface area contributed by atoms with Gasteiger partial charge in [0.2, 0.25) is 5.91 Å². The Hall–Kier alpha value is -2.87. The zero-order valence-electron chi connectivity index (χ0n) is 16.4. The second kappa shape index (κ2) is 9.18. The molecule has 146 valence electrons. The van der Waals surface area contributed by atoms with E-state index in [0.717, 1.165) is 11.4 Å². The van der Waals surface area contributed by atoms with Crippen LogP contribution in [0, 0.1) is 12.8 Å². The van der Waals surface area contributed by atoms with E-state index in [0.29, 0.717) is 11.4 Å². The van der Waals surface area contributed by atoms with E-state index in [2.05, 4.69) is 20.9 Å². The van der Waals surface area contributed by atoms with Crippen molar-refractivity contribution in [2.45, 2.75) is 26.8 Å². The molecule has 1 aromatic carbocycles. The SMILES string of the molecule is COCC(=O)Nc1cccc(NC(=O)N[C@@H](c2nccn2C)C(C)C)c1C. The number of ether oxygens (including phenoxy) is 1. The quantitative estimate of drug-likeness (QED) is 0.695. The maximum atomic E-state index is 12.6. The number of carbonyl (C=O) groups excluding carboxylic acids is 2. The molecule has 1 aromatic heterocycles. The number of nitrogens with zero attached hydrogens (tertiary/aromatic N) is 2. The van der Waals surface area contributed by atoms with Crippen molar-refractivity contribution < 1.29 is 14.3 Å². The Labute approximate surface area is 159 Å². The summed E-state index contributed by atoms with van der Waals surface area (Å²) in [5, 5.41) is 8.59. The molecular formula is C19H27N5O3. The highest BCUT2D eigenvalue weighted by Gasteiger charge is 2.22. The van der Waals surface area contributed by atoms with Crippen LogP contribution in [0.1, 0.15) is 31.3 Å². The van der Waals surface area contributed by atoms with Crippen molar-refractivity contribution in [2.75, 3.05) is 24.4 Å². The lowest BCUT2D eigenvalue weighted by Gasteiger charge is -2.23. The van der Waals surface area contributed by atoms with E-state index in [9.17, 15) is 9.59 Å². The second-order valence-electron chi connectivity index (χ2n) is 6.68. The van der Waals surface area contributed by atoms with Gasteiger partial charge in [-0.25, -0.2) is 9.78 Å². The number of hydrogen-bond donors (Lipinski definition) is 3. The smallest absolute Gasteiger partial charge is 0.319 e. The van der Waals surface area contributed by atoms with Crippen molar-refractivity contribution in [2.24, 2.45) is 13.0 Å². The van der Waals surface area contributed by atoms with E-state index in [4.69, 9.17) is 4.74 Å². The van der Waals surface area contributed by atoms with Gasteiger partial charge in [0.05, 0.1) is 6.04 Å². The van der Waals surface area contributed by atoms with Crippen LogP contribution in [-0.4, -0.2) is 35.2 Å². The fourth-order valence-corrected chi connectivity index (χ4v) is 2.73. The van der Waals surface area contributed by atoms with Crippen LogP contribution < -0.4 is 16.0 Å². The molecule has 0 aliphatic carbocycles. The van der Waals surface area contributed by atoms with Gasteiger partial charge in [0.25, 0.3) is 0 Å². The van der Waals surface area contributed by atoms with Crippen molar-refractivity contribution >= 4 is 23.3 Å².